The van der Waals surface area contributed by atoms with Crippen LogP contribution >= 0.6 is 0 Å². The summed E-state index contributed by atoms with van der Waals surface area (Å²) in [7, 11) is 0. The number of phenols is 1. The van der Waals surface area contributed by atoms with Gasteiger partial charge < -0.3 is 21.1 Å². The number of benzene rings is 2. The van der Waals surface area contributed by atoms with Gasteiger partial charge in [0, 0.05) is 13.0 Å². The number of amides is 3. The van der Waals surface area contributed by atoms with Gasteiger partial charge in [-0.25, -0.2) is 4.79 Å². The fraction of sp³-hybridized carbons (Fsp3) is 0.250. The molecule has 0 spiro atoms. The lowest BCUT2D eigenvalue weighted by Gasteiger charge is -2.18. The van der Waals surface area contributed by atoms with Crippen molar-refractivity contribution in [2.45, 2.75) is 18.9 Å². The van der Waals surface area contributed by atoms with Gasteiger partial charge in [0.05, 0.1) is 6.07 Å². The minimum Gasteiger partial charge on any atom is -0.508 e. The van der Waals surface area contributed by atoms with E-state index in [0.29, 0.717) is 13.0 Å². The van der Waals surface area contributed by atoms with Gasteiger partial charge in [-0.2, -0.15) is 5.26 Å². The Labute approximate surface area is 158 Å². The topological polar surface area (TPSA) is 114 Å². The average molecular weight is 366 g/mol. The minimum atomic E-state index is -0.834. The number of rotatable bonds is 8. The molecule has 2 rings (SSSR count). The molecule has 0 aliphatic rings. The number of carbonyl (C=O) groups excluding carboxylic acids is 2. The number of nitrogens with zero attached hydrogens (tertiary/aromatic N) is 1. The minimum absolute atomic E-state index is 0.121. The van der Waals surface area contributed by atoms with E-state index in [1.807, 2.05) is 36.4 Å². The van der Waals surface area contributed by atoms with Crippen molar-refractivity contribution in [1.29, 1.82) is 5.26 Å². The summed E-state index contributed by atoms with van der Waals surface area (Å²) in [5.74, 6) is -0.321. The van der Waals surface area contributed by atoms with E-state index in [-0.39, 0.29) is 18.7 Å². The van der Waals surface area contributed by atoms with Crippen LogP contribution in [-0.2, 0) is 17.6 Å². The van der Waals surface area contributed by atoms with Crippen LogP contribution in [0.5, 0.6) is 5.75 Å². The molecule has 4 N–H and O–H groups in total. The Morgan fingerprint density at radius 2 is 1.70 bits per heavy atom. The van der Waals surface area contributed by atoms with Crippen molar-refractivity contribution >= 4 is 11.9 Å². The van der Waals surface area contributed by atoms with Gasteiger partial charge in [-0.1, -0.05) is 42.5 Å². The van der Waals surface area contributed by atoms with Crippen molar-refractivity contribution in [3.8, 4) is 11.8 Å². The van der Waals surface area contributed by atoms with Crippen LogP contribution in [-0.4, -0.2) is 36.2 Å². The van der Waals surface area contributed by atoms with Crippen molar-refractivity contribution in [3.05, 3.63) is 65.7 Å². The molecular weight excluding hydrogens is 344 g/mol. The van der Waals surface area contributed by atoms with Crippen LogP contribution in [0.1, 0.15) is 11.1 Å². The quantitative estimate of drug-likeness (QED) is 0.530. The molecule has 7 nitrogen and oxygen atoms in total. The number of nitrogens with one attached hydrogen (secondary N) is 3. The summed E-state index contributed by atoms with van der Waals surface area (Å²) >= 11 is 0. The second-order valence-electron chi connectivity index (χ2n) is 5.93. The summed E-state index contributed by atoms with van der Waals surface area (Å²) in [6, 6.07) is 16.7. The molecule has 0 aromatic heterocycles. The van der Waals surface area contributed by atoms with Crippen molar-refractivity contribution in [3.63, 3.8) is 0 Å². The van der Waals surface area contributed by atoms with Crippen molar-refractivity contribution in [1.82, 2.24) is 16.0 Å². The van der Waals surface area contributed by atoms with Crippen LogP contribution in [0.3, 0.4) is 0 Å². The van der Waals surface area contributed by atoms with E-state index in [0.717, 1.165) is 11.1 Å². The molecule has 1 atom stereocenters. The predicted octanol–water partition coefficient (Wildman–Crippen LogP) is 1.48. The third kappa shape index (κ3) is 7.08. The highest BCUT2D eigenvalue weighted by atomic mass is 16.3. The standard InChI is InChI=1S/C20H22N4O3/c21-11-13-22-19(26)18(14-16-6-8-17(25)9-7-16)24-20(27)23-12-10-15-4-2-1-3-5-15/h1-9,18,25H,10,12-14H2,(H,22,26)(H2,23,24,27). The Hall–Kier alpha value is -3.53. The fourth-order valence-electron chi connectivity index (χ4n) is 2.50. The third-order valence-corrected chi connectivity index (χ3v) is 3.88. The molecule has 0 saturated carbocycles. The number of carbonyl (C=O) groups is 2. The van der Waals surface area contributed by atoms with E-state index < -0.39 is 18.0 Å². The molecule has 2 aromatic rings. The van der Waals surface area contributed by atoms with Gasteiger partial charge in [-0.3, -0.25) is 4.79 Å². The molecule has 7 heteroatoms. The Morgan fingerprint density at radius 3 is 2.37 bits per heavy atom. The van der Waals surface area contributed by atoms with Crippen LogP contribution in [0.15, 0.2) is 54.6 Å². The number of phenolic OH excluding ortho intramolecular Hbond substituents is 1. The van der Waals surface area contributed by atoms with E-state index in [1.54, 1.807) is 12.1 Å². The van der Waals surface area contributed by atoms with Crippen LogP contribution in [0.25, 0.3) is 0 Å². The lowest BCUT2D eigenvalue weighted by atomic mass is 10.1. The maximum Gasteiger partial charge on any atom is 0.315 e. The van der Waals surface area contributed by atoms with Crippen LogP contribution in [0.2, 0.25) is 0 Å². The van der Waals surface area contributed by atoms with Crippen molar-refractivity contribution in [2.24, 2.45) is 0 Å². The van der Waals surface area contributed by atoms with E-state index in [4.69, 9.17) is 5.26 Å². The molecule has 0 bridgehead atoms. The van der Waals surface area contributed by atoms with Crippen LogP contribution < -0.4 is 16.0 Å². The normalized spacial score (nSPS) is 11.1. The Balaban J connectivity index is 1.91. The molecule has 0 aliphatic carbocycles. The lowest BCUT2D eigenvalue weighted by Crippen LogP contribution is -2.51. The summed E-state index contributed by atoms with van der Waals surface area (Å²) in [5, 5.41) is 25.8. The summed E-state index contributed by atoms with van der Waals surface area (Å²) in [6.07, 6.45) is 0.918. The summed E-state index contributed by atoms with van der Waals surface area (Å²) in [4.78, 5) is 24.4. The van der Waals surface area contributed by atoms with Gasteiger partial charge in [0.25, 0.3) is 0 Å². The number of nitriles is 1. The molecule has 1 unspecified atom stereocenters. The number of aromatic hydroxyl groups is 1. The smallest absolute Gasteiger partial charge is 0.315 e. The molecule has 2 aromatic carbocycles. The van der Waals surface area contributed by atoms with E-state index in [9.17, 15) is 14.7 Å². The summed E-state index contributed by atoms with van der Waals surface area (Å²) < 4.78 is 0. The van der Waals surface area contributed by atoms with Gasteiger partial charge in [0.15, 0.2) is 0 Å². The van der Waals surface area contributed by atoms with Crippen LogP contribution in [0.4, 0.5) is 4.79 Å². The Bertz CT molecular complexity index is 785. The summed E-state index contributed by atoms with van der Waals surface area (Å²) in [6.45, 7) is 0.295. The molecule has 0 fully saturated rings. The first-order chi connectivity index (χ1) is 13.1. The molecule has 140 valence electrons. The molecule has 0 saturated heterocycles. The molecular formula is C20H22N4O3. The Kier molecular flexibility index (Phi) is 7.67. The zero-order chi connectivity index (χ0) is 19.5. The lowest BCUT2D eigenvalue weighted by molar-refractivity contribution is -0.122. The molecule has 0 radical (unpaired) electrons. The summed E-state index contributed by atoms with van der Waals surface area (Å²) in [5.41, 5.74) is 1.87. The molecule has 27 heavy (non-hydrogen) atoms. The van der Waals surface area contributed by atoms with Gasteiger partial charge in [0.2, 0.25) is 5.91 Å². The molecule has 3 amide bonds. The first-order valence-electron chi connectivity index (χ1n) is 8.59. The largest absolute Gasteiger partial charge is 0.508 e. The monoisotopic (exact) mass is 366 g/mol. The number of hydrogen-bond acceptors (Lipinski definition) is 4. The van der Waals surface area contributed by atoms with Gasteiger partial charge in [0.1, 0.15) is 18.3 Å². The number of hydrogen-bond donors (Lipinski definition) is 4. The second-order valence-corrected chi connectivity index (χ2v) is 5.93. The van der Waals surface area contributed by atoms with Gasteiger partial charge >= 0.3 is 6.03 Å². The first kappa shape index (κ1) is 19.8. The second kappa shape index (κ2) is 10.5. The third-order valence-electron chi connectivity index (χ3n) is 3.88. The highest BCUT2D eigenvalue weighted by molar-refractivity contribution is 5.87. The highest BCUT2D eigenvalue weighted by Gasteiger charge is 2.21. The average Bonchev–Trinajstić information content (AvgIpc) is 2.68. The fourth-order valence-corrected chi connectivity index (χ4v) is 2.50. The van der Waals surface area contributed by atoms with Crippen LogP contribution in [0, 0.1) is 11.3 Å². The Morgan fingerprint density at radius 1 is 1.00 bits per heavy atom. The van der Waals surface area contributed by atoms with E-state index in [1.165, 1.54) is 12.1 Å². The zero-order valence-corrected chi connectivity index (χ0v) is 14.8. The van der Waals surface area contributed by atoms with Gasteiger partial charge in [-0.05, 0) is 29.7 Å². The maximum absolute atomic E-state index is 12.3. The first-order valence-corrected chi connectivity index (χ1v) is 8.59. The van der Waals surface area contributed by atoms with Crippen molar-refractivity contribution in [2.75, 3.05) is 13.1 Å². The number of urea groups is 1. The van der Waals surface area contributed by atoms with Gasteiger partial charge in [-0.15, -0.1) is 0 Å². The zero-order valence-electron chi connectivity index (χ0n) is 14.8. The van der Waals surface area contributed by atoms with E-state index >= 15 is 0 Å². The van der Waals surface area contributed by atoms with E-state index in [2.05, 4.69) is 16.0 Å². The molecule has 0 heterocycles. The highest BCUT2D eigenvalue weighted by Crippen LogP contribution is 2.11. The predicted molar refractivity (Wildman–Crippen MR) is 101 cm³/mol. The van der Waals surface area contributed by atoms with Crippen molar-refractivity contribution < 1.29 is 14.7 Å². The SMILES string of the molecule is N#CCNC(=O)C(Cc1ccc(O)cc1)NC(=O)NCCc1ccccc1. The molecule has 0 aliphatic heterocycles. The maximum atomic E-state index is 12.3.